The molecule has 0 bridgehead atoms. The first-order valence-corrected chi connectivity index (χ1v) is 7.56. The molecule has 0 aliphatic carbocycles. The van der Waals surface area contributed by atoms with Crippen LogP contribution in [0.3, 0.4) is 0 Å². The van der Waals surface area contributed by atoms with Crippen LogP contribution in [0.4, 0.5) is 0 Å². The van der Waals surface area contributed by atoms with Crippen molar-refractivity contribution in [2.24, 2.45) is 5.73 Å². The summed E-state index contributed by atoms with van der Waals surface area (Å²) in [5, 5.41) is 3.69. The van der Waals surface area contributed by atoms with E-state index >= 15 is 0 Å². The molecular formula is C14H17ClN2O2S. The molecule has 0 aliphatic heterocycles. The number of hydrogen-bond acceptors (Lipinski definition) is 5. The number of methoxy groups -OCH3 is 1. The summed E-state index contributed by atoms with van der Waals surface area (Å²) in [6.07, 6.45) is 0.934. The Kier molecular flexibility index (Phi) is 5.23. The first kappa shape index (κ1) is 15.1. The summed E-state index contributed by atoms with van der Waals surface area (Å²) in [7, 11) is 1.58. The van der Waals surface area contributed by atoms with Gasteiger partial charge in [-0.3, -0.25) is 0 Å². The zero-order valence-electron chi connectivity index (χ0n) is 11.5. The molecule has 0 spiro atoms. The summed E-state index contributed by atoms with van der Waals surface area (Å²) < 4.78 is 11.1. The Morgan fingerprint density at radius 1 is 1.40 bits per heavy atom. The average molecular weight is 313 g/mol. The van der Waals surface area contributed by atoms with E-state index in [0.717, 1.165) is 22.7 Å². The number of nitrogens with two attached hydrogens (primary N) is 1. The smallest absolute Gasteiger partial charge is 0.166 e. The lowest BCUT2D eigenvalue weighted by atomic mass is 10.2. The van der Waals surface area contributed by atoms with Crippen molar-refractivity contribution >= 4 is 22.9 Å². The Morgan fingerprint density at radius 3 is 2.80 bits per heavy atom. The van der Waals surface area contributed by atoms with Gasteiger partial charge in [-0.15, -0.1) is 11.3 Å². The SMILES string of the molecule is CCc1nc(COc2c(CN)cc(Cl)cc2OC)cs1. The van der Waals surface area contributed by atoms with Gasteiger partial charge in [-0.25, -0.2) is 4.98 Å². The molecular weight excluding hydrogens is 296 g/mol. The van der Waals surface area contributed by atoms with Crippen LogP contribution < -0.4 is 15.2 Å². The molecule has 1 aromatic carbocycles. The quantitative estimate of drug-likeness (QED) is 0.888. The minimum absolute atomic E-state index is 0.337. The Balaban J connectivity index is 2.19. The molecule has 0 aliphatic rings. The van der Waals surface area contributed by atoms with Crippen LogP contribution >= 0.6 is 22.9 Å². The maximum absolute atomic E-state index is 6.02. The average Bonchev–Trinajstić information content (AvgIpc) is 2.92. The molecule has 0 saturated heterocycles. The molecule has 108 valence electrons. The molecule has 0 saturated carbocycles. The molecule has 20 heavy (non-hydrogen) atoms. The van der Waals surface area contributed by atoms with Crippen molar-refractivity contribution in [2.45, 2.75) is 26.5 Å². The van der Waals surface area contributed by atoms with Crippen molar-refractivity contribution in [2.75, 3.05) is 7.11 Å². The van der Waals surface area contributed by atoms with Gasteiger partial charge in [0.15, 0.2) is 11.5 Å². The number of halogens is 1. The molecule has 1 aromatic heterocycles. The number of thiazole rings is 1. The van der Waals surface area contributed by atoms with Crippen LogP contribution in [0.2, 0.25) is 5.02 Å². The monoisotopic (exact) mass is 312 g/mol. The highest BCUT2D eigenvalue weighted by atomic mass is 35.5. The molecule has 4 nitrogen and oxygen atoms in total. The van der Waals surface area contributed by atoms with Crippen molar-refractivity contribution in [3.05, 3.63) is 38.8 Å². The van der Waals surface area contributed by atoms with Gasteiger partial charge in [0.2, 0.25) is 0 Å². The lowest BCUT2D eigenvalue weighted by molar-refractivity contribution is 0.278. The number of aromatic nitrogens is 1. The Bertz CT molecular complexity index is 561. The van der Waals surface area contributed by atoms with Crippen molar-refractivity contribution in [3.8, 4) is 11.5 Å². The van der Waals surface area contributed by atoms with E-state index in [9.17, 15) is 0 Å². The zero-order chi connectivity index (χ0) is 14.5. The van der Waals surface area contributed by atoms with Gasteiger partial charge in [0.1, 0.15) is 6.61 Å². The van der Waals surface area contributed by atoms with Crippen LogP contribution in [0.15, 0.2) is 17.5 Å². The predicted molar refractivity (Wildman–Crippen MR) is 81.7 cm³/mol. The van der Waals surface area contributed by atoms with Crippen LogP contribution in [-0.4, -0.2) is 12.1 Å². The van der Waals surface area contributed by atoms with Crippen molar-refractivity contribution in [3.63, 3.8) is 0 Å². The molecule has 2 rings (SSSR count). The molecule has 0 fully saturated rings. The summed E-state index contributed by atoms with van der Waals surface area (Å²) in [4.78, 5) is 4.47. The second-order valence-electron chi connectivity index (χ2n) is 4.18. The predicted octanol–water partition coefficient (Wildman–Crippen LogP) is 3.41. The van der Waals surface area contributed by atoms with Gasteiger partial charge in [0, 0.05) is 28.6 Å². The van der Waals surface area contributed by atoms with E-state index < -0.39 is 0 Å². The molecule has 1 heterocycles. The molecule has 0 atom stereocenters. The van der Waals surface area contributed by atoms with E-state index in [4.69, 9.17) is 26.8 Å². The van der Waals surface area contributed by atoms with E-state index in [1.165, 1.54) is 0 Å². The zero-order valence-corrected chi connectivity index (χ0v) is 13.1. The molecule has 2 N–H and O–H groups in total. The van der Waals surface area contributed by atoms with Gasteiger partial charge in [-0.2, -0.15) is 0 Å². The number of rotatable bonds is 6. The fraction of sp³-hybridized carbons (Fsp3) is 0.357. The van der Waals surface area contributed by atoms with E-state index in [2.05, 4.69) is 11.9 Å². The number of benzene rings is 1. The summed E-state index contributed by atoms with van der Waals surface area (Å²) >= 11 is 7.66. The summed E-state index contributed by atoms with van der Waals surface area (Å²) in [5.41, 5.74) is 7.46. The van der Waals surface area contributed by atoms with Gasteiger partial charge in [0.25, 0.3) is 0 Å². The minimum Gasteiger partial charge on any atom is -0.493 e. The van der Waals surface area contributed by atoms with Crippen LogP contribution in [0.1, 0.15) is 23.2 Å². The van der Waals surface area contributed by atoms with E-state index in [-0.39, 0.29) is 0 Å². The second kappa shape index (κ2) is 6.92. The van der Waals surface area contributed by atoms with Crippen LogP contribution in [-0.2, 0) is 19.6 Å². The minimum atomic E-state index is 0.337. The highest BCUT2D eigenvalue weighted by Crippen LogP contribution is 2.35. The lowest BCUT2D eigenvalue weighted by Gasteiger charge is -2.14. The van der Waals surface area contributed by atoms with E-state index in [1.54, 1.807) is 30.6 Å². The van der Waals surface area contributed by atoms with Gasteiger partial charge in [-0.05, 0) is 12.5 Å². The highest BCUT2D eigenvalue weighted by Gasteiger charge is 2.13. The third-order valence-electron chi connectivity index (χ3n) is 2.80. The summed E-state index contributed by atoms with van der Waals surface area (Å²) in [6.45, 7) is 2.81. The van der Waals surface area contributed by atoms with E-state index in [1.807, 2.05) is 5.38 Å². The first-order valence-electron chi connectivity index (χ1n) is 6.30. The summed E-state index contributed by atoms with van der Waals surface area (Å²) in [6, 6.07) is 3.51. The fourth-order valence-corrected chi connectivity index (χ4v) is 2.77. The maximum Gasteiger partial charge on any atom is 0.166 e. The van der Waals surface area contributed by atoms with Crippen LogP contribution in [0, 0.1) is 0 Å². The third kappa shape index (κ3) is 3.42. The van der Waals surface area contributed by atoms with Gasteiger partial charge >= 0.3 is 0 Å². The third-order valence-corrected chi connectivity index (χ3v) is 4.06. The van der Waals surface area contributed by atoms with Gasteiger partial charge in [-0.1, -0.05) is 18.5 Å². The second-order valence-corrected chi connectivity index (χ2v) is 5.55. The molecule has 0 radical (unpaired) electrons. The molecule has 6 heteroatoms. The largest absolute Gasteiger partial charge is 0.493 e. The number of nitrogens with zero attached hydrogens (tertiary/aromatic N) is 1. The number of aryl methyl sites for hydroxylation is 1. The van der Waals surface area contributed by atoms with Crippen LogP contribution in [0.5, 0.6) is 11.5 Å². The topological polar surface area (TPSA) is 57.4 Å². The number of ether oxygens (including phenoxy) is 2. The fourth-order valence-electron chi connectivity index (χ4n) is 1.81. The molecule has 0 unspecified atom stereocenters. The molecule has 2 aromatic rings. The molecule has 0 amide bonds. The van der Waals surface area contributed by atoms with Crippen molar-refractivity contribution in [1.29, 1.82) is 0 Å². The Hall–Kier alpha value is -1.30. The standard InChI is InChI=1S/C14H17ClN2O2S/c1-3-13-17-11(8-20-13)7-19-14-9(6-16)4-10(15)5-12(14)18-2/h4-5,8H,3,6-7,16H2,1-2H3. The Labute approximate surface area is 127 Å². The van der Waals surface area contributed by atoms with Gasteiger partial charge < -0.3 is 15.2 Å². The highest BCUT2D eigenvalue weighted by molar-refractivity contribution is 7.09. The first-order chi connectivity index (χ1) is 9.67. The van der Waals surface area contributed by atoms with Crippen molar-refractivity contribution in [1.82, 2.24) is 4.98 Å². The Morgan fingerprint density at radius 2 is 2.20 bits per heavy atom. The maximum atomic E-state index is 6.02. The normalized spacial score (nSPS) is 10.6. The lowest BCUT2D eigenvalue weighted by Crippen LogP contribution is -2.05. The van der Waals surface area contributed by atoms with E-state index in [0.29, 0.717) is 29.7 Å². The van der Waals surface area contributed by atoms with Crippen molar-refractivity contribution < 1.29 is 9.47 Å². The van der Waals surface area contributed by atoms with Gasteiger partial charge in [0.05, 0.1) is 17.8 Å². The summed E-state index contributed by atoms with van der Waals surface area (Å²) in [5.74, 6) is 1.22. The van der Waals surface area contributed by atoms with Crippen LogP contribution in [0.25, 0.3) is 0 Å². The number of hydrogen-bond donors (Lipinski definition) is 1.